The van der Waals surface area contributed by atoms with E-state index >= 15 is 0 Å². The third-order valence-corrected chi connectivity index (χ3v) is 6.05. The van der Waals surface area contributed by atoms with Gasteiger partial charge in [-0.1, -0.05) is 19.3 Å². The van der Waals surface area contributed by atoms with E-state index in [0.29, 0.717) is 38.0 Å². The van der Waals surface area contributed by atoms with Crippen LogP contribution in [0.15, 0.2) is 18.2 Å². The Morgan fingerprint density at radius 1 is 1.24 bits per heavy atom. The first-order valence-corrected chi connectivity index (χ1v) is 11.7. The van der Waals surface area contributed by atoms with E-state index in [1.165, 1.54) is 19.3 Å². The van der Waals surface area contributed by atoms with Crippen molar-refractivity contribution in [3.05, 3.63) is 23.8 Å². The summed E-state index contributed by atoms with van der Waals surface area (Å²) >= 11 is 0. The number of amides is 1. The predicted molar refractivity (Wildman–Crippen MR) is 124 cm³/mol. The highest BCUT2D eigenvalue weighted by Crippen LogP contribution is 2.26. The van der Waals surface area contributed by atoms with Gasteiger partial charge in [0.15, 0.2) is 6.54 Å². The molecule has 9 heteroatoms. The van der Waals surface area contributed by atoms with Crippen molar-refractivity contribution in [2.45, 2.75) is 77.5 Å². The van der Waals surface area contributed by atoms with E-state index in [9.17, 15) is 9.59 Å². The van der Waals surface area contributed by atoms with Gasteiger partial charge in [-0.15, -0.1) is 0 Å². The van der Waals surface area contributed by atoms with Gasteiger partial charge in [-0.2, -0.15) is 0 Å². The summed E-state index contributed by atoms with van der Waals surface area (Å²) in [6, 6.07) is 6.16. The molecule has 0 aromatic heterocycles. The van der Waals surface area contributed by atoms with Gasteiger partial charge >= 0.3 is 11.9 Å². The highest BCUT2D eigenvalue weighted by molar-refractivity contribution is 5.91. The van der Waals surface area contributed by atoms with Crippen LogP contribution < -0.4 is 32.8 Å². The van der Waals surface area contributed by atoms with Crippen LogP contribution in [0.25, 0.3) is 0 Å². The molecule has 1 fully saturated rings. The number of carbonyl (C=O) groups excluding carboxylic acids is 2. The van der Waals surface area contributed by atoms with Gasteiger partial charge in [0.1, 0.15) is 11.4 Å². The molecule has 2 aliphatic rings. The third kappa shape index (κ3) is 7.91. The SMILES string of the molecule is CC(C)OC(=O)C[N+]1=C(N)Nc2ccc(OCCCC(=O)N(C)C3CCCCC3)cc2C1.[Br-]. The molecule has 0 radical (unpaired) electrons. The molecule has 0 atom stereocenters. The highest BCUT2D eigenvalue weighted by Gasteiger charge is 2.24. The first kappa shape index (κ1) is 27.0. The summed E-state index contributed by atoms with van der Waals surface area (Å²) in [5, 5.41) is 3.13. The van der Waals surface area contributed by atoms with Gasteiger partial charge in [0.05, 0.1) is 19.3 Å². The maximum Gasteiger partial charge on any atom is 0.349 e. The number of esters is 1. The number of hydrogen-bond acceptors (Lipinski definition) is 6. The lowest BCUT2D eigenvalue weighted by atomic mass is 9.94. The molecule has 1 heterocycles. The maximum absolute atomic E-state index is 12.5. The Balaban J connectivity index is 0.00000385. The molecule has 8 nitrogen and oxygen atoms in total. The lowest BCUT2D eigenvalue weighted by Crippen LogP contribution is -3.00. The Labute approximate surface area is 207 Å². The van der Waals surface area contributed by atoms with Crippen LogP contribution in [-0.4, -0.2) is 59.7 Å². The Kier molecular flexibility index (Phi) is 10.5. The van der Waals surface area contributed by atoms with Gasteiger partial charge in [0.25, 0.3) is 0 Å². The number of guanidine groups is 1. The van der Waals surface area contributed by atoms with Crippen LogP contribution in [0, 0.1) is 0 Å². The fourth-order valence-electron chi connectivity index (χ4n) is 4.28. The molecule has 1 aromatic rings. The number of anilines is 1. The van der Waals surface area contributed by atoms with E-state index in [1.54, 1.807) is 4.58 Å². The molecular formula is C24H37BrN4O4. The number of nitrogens with zero attached hydrogens (tertiary/aromatic N) is 2. The Morgan fingerprint density at radius 3 is 2.67 bits per heavy atom. The molecule has 1 amide bonds. The molecule has 1 aliphatic heterocycles. The van der Waals surface area contributed by atoms with Gasteiger partial charge in [-0.05, 0) is 51.3 Å². The second kappa shape index (κ2) is 12.8. The number of nitrogens with one attached hydrogen (secondary N) is 1. The summed E-state index contributed by atoms with van der Waals surface area (Å²) in [5.74, 6) is 1.05. The van der Waals surface area contributed by atoms with Crippen molar-refractivity contribution in [2.75, 3.05) is 25.5 Å². The van der Waals surface area contributed by atoms with Crippen LogP contribution in [-0.2, 0) is 20.9 Å². The predicted octanol–water partition coefficient (Wildman–Crippen LogP) is -0.155. The first-order chi connectivity index (χ1) is 15.3. The molecular weight excluding hydrogens is 488 g/mol. The van der Waals surface area contributed by atoms with Crippen molar-refractivity contribution in [3.8, 4) is 5.75 Å². The molecule has 1 aromatic carbocycles. The van der Waals surface area contributed by atoms with E-state index in [1.807, 2.05) is 44.0 Å². The normalized spacial score (nSPS) is 15.9. The second-order valence-electron chi connectivity index (χ2n) is 8.97. The van der Waals surface area contributed by atoms with Crippen LogP contribution in [0.2, 0.25) is 0 Å². The fraction of sp³-hybridized carbons (Fsp3) is 0.625. The highest BCUT2D eigenvalue weighted by atomic mass is 79.9. The molecule has 1 aliphatic carbocycles. The van der Waals surface area contributed by atoms with Crippen molar-refractivity contribution in [2.24, 2.45) is 5.73 Å². The Hall–Kier alpha value is -2.29. The van der Waals surface area contributed by atoms with Crippen molar-refractivity contribution < 1.29 is 40.6 Å². The second-order valence-corrected chi connectivity index (χ2v) is 8.97. The number of benzene rings is 1. The number of ether oxygens (including phenoxy) is 2. The lowest BCUT2D eigenvalue weighted by molar-refractivity contribution is -0.536. The molecule has 1 saturated carbocycles. The van der Waals surface area contributed by atoms with Crippen LogP contribution in [0.3, 0.4) is 0 Å². The Morgan fingerprint density at radius 2 is 1.97 bits per heavy atom. The van der Waals surface area contributed by atoms with Crippen LogP contribution >= 0.6 is 0 Å². The van der Waals surface area contributed by atoms with Crippen LogP contribution in [0.4, 0.5) is 5.69 Å². The van der Waals surface area contributed by atoms with E-state index in [0.717, 1.165) is 29.8 Å². The smallest absolute Gasteiger partial charge is 0.349 e. The Bertz CT molecular complexity index is 853. The summed E-state index contributed by atoms with van der Waals surface area (Å²) in [4.78, 5) is 26.4. The minimum absolute atomic E-state index is 0. The van der Waals surface area contributed by atoms with Crippen molar-refractivity contribution in [3.63, 3.8) is 0 Å². The number of rotatable bonds is 9. The zero-order valence-corrected chi connectivity index (χ0v) is 21.5. The number of carbonyl (C=O) groups is 2. The number of halogens is 1. The van der Waals surface area contributed by atoms with E-state index < -0.39 is 0 Å². The van der Waals surface area contributed by atoms with E-state index in [2.05, 4.69) is 5.32 Å². The quantitative estimate of drug-likeness (QED) is 0.265. The summed E-state index contributed by atoms with van der Waals surface area (Å²) in [7, 11) is 1.93. The zero-order valence-electron chi connectivity index (χ0n) is 19.9. The molecule has 0 unspecified atom stereocenters. The number of hydrogen-bond donors (Lipinski definition) is 2. The monoisotopic (exact) mass is 524 g/mol. The summed E-state index contributed by atoms with van der Waals surface area (Å²) in [5.41, 5.74) is 7.96. The van der Waals surface area contributed by atoms with Crippen molar-refractivity contribution in [1.29, 1.82) is 0 Å². The molecule has 3 N–H and O–H groups in total. The topological polar surface area (TPSA) is 96.9 Å². The largest absolute Gasteiger partial charge is 1.00 e. The third-order valence-electron chi connectivity index (χ3n) is 6.05. The van der Waals surface area contributed by atoms with Crippen molar-refractivity contribution in [1.82, 2.24) is 4.90 Å². The van der Waals surface area contributed by atoms with Gasteiger partial charge in [-0.3, -0.25) is 10.5 Å². The average molecular weight is 525 g/mol. The zero-order chi connectivity index (χ0) is 23.1. The molecule has 0 bridgehead atoms. The minimum atomic E-state index is -0.316. The summed E-state index contributed by atoms with van der Waals surface area (Å²) in [6.07, 6.45) is 6.98. The van der Waals surface area contributed by atoms with Crippen LogP contribution in [0.5, 0.6) is 5.75 Å². The van der Waals surface area contributed by atoms with Gasteiger partial charge in [0, 0.05) is 25.1 Å². The fourth-order valence-corrected chi connectivity index (χ4v) is 4.28. The number of fused-ring (bicyclic) bond motifs is 1. The molecule has 184 valence electrons. The molecule has 33 heavy (non-hydrogen) atoms. The minimum Gasteiger partial charge on any atom is -1.00 e. The van der Waals surface area contributed by atoms with E-state index in [-0.39, 0.29) is 41.5 Å². The maximum atomic E-state index is 12.5. The van der Waals surface area contributed by atoms with Crippen molar-refractivity contribution >= 4 is 23.5 Å². The van der Waals surface area contributed by atoms with Gasteiger partial charge < -0.3 is 31.4 Å². The first-order valence-electron chi connectivity index (χ1n) is 11.7. The summed E-state index contributed by atoms with van der Waals surface area (Å²) in [6.45, 7) is 4.69. The standard InChI is InChI=1S/C24H36N4O4.BrH/c1-17(2)32-23(30)16-28-15-18-14-20(11-12-21(18)26-24(28)25)31-13-7-10-22(29)27(3)19-8-5-4-6-9-19;/h11-12,14,17,19H,4-10,13,15-16H2,1-3H3,(H2,25,26);1H. The number of nitrogens with two attached hydrogens (primary N) is 1. The average Bonchev–Trinajstić information content (AvgIpc) is 2.76. The van der Waals surface area contributed by atoms with E-state index in [4.69, 9.17) is 15.2 Å². The van der Waals surface area contributed by atoms with Gasteiger partial charge in [0.2, 0.25) is 5.91 Å². The summed E-state index contributed by atoms with van der Waals surface area (Å²) < 4.78 is 12.9. The van der Waals surface area contributed by atoms with Gasteiger partial charge in [-0.25, -0.2) is 14.7 Å². The molecule has 0 saturated heterocycles. The lowest BCUT2D eigenvalue weighted by Gasteiger charge is -2.31. The van der Waals surface area contributed by atoms with Crippen LogP contribution in [0.1, 0.15) is 64.4 Å². The molecule has 3 rings (SSSR count). The molecule has 0 spiro atoms.